The fourth-order valence-electron chi connectivity index (χ4n) is 4.16. The fourth-order valence-corrected chi connectivity index (χ4v) is 4.16. The van der Waals surface area contributed by atoms with Crippen LogP contribution in [0.3, 0.4) is 0 Å². The second-order valence-electron chi connectivity index (χ2n) is 8.31. The number of alkyl halides is 2. The number of hydrogen-bond donors (Lipinski definition) is 2. The maximum atomic E-state index is 14.3. The highest BCUT2D eigenvalue weighted by Gasteiger charge is 2.32. The number of amidine groups is 1. The van der Waals surface area contributed by atoms with Crippen LogP contribution < -0.4 is 15.4 Å². The molecule has 0 unspecified atom stereocenters. The second kappa shape index (κ2) is 9.98. The van der Waals surface area contributed by atoms with E-state index in [1.54, 1.807) is 37.4 Å². The number of ether oxygens (including phenoxy) is 1. The molecular formula is C28H25F2N3O2. The molecule has 1 atom stereocenters. The second-order valence-corrected chi connectivity index (χ2v) is 8.31. The van der Waals surface area contributed by atoms with E-state index in [0.717, 1.165) is 18.2 Å². The molecule has 35 heavy (non-hydrogen) atoms. The Bertz CT molecular complexity index is 1310. The molecule has 5 nitrogen and oxygen atoms in total. The highest BCUT2D eigenvalue weighted by Crippen LogP contribution is 2.40. The Morgan fingerprint density at radius 1 is 1.14 bits per heavy atom. The Morgan fingerprint density at radius 2 is 1.89 bits per heavy atom. The molecule has 178 valence electrons. The zero-order valence-corrected chi connectivity index (χ0v) is 19.4. The third-order valence-corrected chi connectivity index (χ3v) is 5.87. The minimum atomic E-state index is -2.97. The van der Waals surface area contributed by atoms with Crippen LogP contribution in [-0.2, 0) is 12.3 Å². The number of nitrogens with zero attached hydrogens (tertiary/aromatic N) is 1. The van der Waals surface area contributed by atoms with Gasteiger partial charge in [-0.15, -0.1) is 6.42 Å². The first-order chi connectivity index (χ1) is 16.8. The van der Waals surface area contributed by atoms with Crippen LogP contribution in [0.1, 0.15) is 39.9 Å². The number of fused-ring (bicyclic) bond motifs is 1. The molecule has 3 aromatic carbocycles. The molecule has 3 aromatic rings. The molecule has 0 saturated carbocycles. The van der Waals surface area contributed by atoms with Crippen molar-refractivity contribution in [1.82, 2.24) is 5.32 Å². The molecule has 2 N–H and O–H groups in total. The lowest BCUT2D eigenvalue weighted by Crippen LogP contribution is -2.23. The summed E-state index contributed by atoms with van der Waals surface area (Å²) in [6.45, 7) is 1.02. The number of terminal acetylenes is 1. The van der Waals surface area contributed by atoms with Gasteiger partial charge in [0.25, 0.3) is 11.8 Å². The molecule has 0 aromatic heterocycles. The van der Waals surface area contributed by atoms with E-state index in [4.69, 9.17) is 16.2 Å². The number of nitrogens with one attached hydrogen (secondary N) is 2. The van der Waals surface area contributed by atoms with Crippen LogP contribution in [0.2, 0.25) is 0 Å². The van der Waals surface area contributed by atoms with Gasteiger partial charge in [-0.1, -0.05) is 36.3 Å². The Labute approximate surface area is 203 Å². The predicted molar refractivity (Wildman–Crippen MR) is 134 cm³/mol. The molecule has 1 amide bonds. The van der Waals surface area contributed by atoms with Gasteiger partial charge in [0.15, 0.2) is 0 Å². The first kappa shape index (κ1) is 24.0. The van der Waals surface area contributed by atoms with Gasteiger partial charge in [-0.25, -0.2) is 13.8 Å². The fraction of sp³-hybridized carbons (Fsp3) is 0.214. The summed E-state index contributed by atoms with van der Waals surface area (Å²) >= 11 is 0. The van der Waals surface area contributed by atoms with Gasteiger partial charge in [-0.3, -0.25) is 4.79 Å². The maximum Gasteiger partial charge on any atom is 0.270 e. The Balaban J connectivity index is 1.71. The largest absolute Gasteiger partial charge is 0.497 e. The number of carbonyl (C=O) groups excluding carboxylic acids is 1. The standard InChI is InChI=1S/C28H25F2N3O2/c1-4-15-31-27(34)19-9-14-22-23(16-18-7-5-6-8-24(18)28(2,29)30)26(33-25(22)17-19)32-20-10-12-21(35-3)13-11-20/h1,5-14,17,23H,15-16H2,2-3H3,(H,31,34)(H,32,33)/t23-/m1/s1. The Kier molecular flexibility index (Phi) is 6.83. The summed E-state index contributed by atoms with van der Waals surface area (Å²) in [5, 5.41) is 5.97. The summed E-state index contributed by atoms with van der Waals surface area (Å²) in [5.74, 6) is 0.118. The van der Waals surface area contributed by atoms with Gasteiger partial charge in [0.2, 0.25) is 0 Å². The summed E-state index contributed by atoms with van der Waals surface area (Å²) in [5.41, 5.74) is 3.19. The predicted octanol–water partition coefficient (Wildman–Crippen LogP) is 5.65. The van der Waals surface area contributed by atoms with E-state index in [-0.39, 0.29) is 23.9 Å². The number of amides is 1. The number of rotatable bonds is 7. The number of benzene rings is 3. The topological polar surface area (TPSA) is 62.7 Å². The molecule has 0 saturated heterocycles. The van der Waals surface area contributed by atoms with Crippen molar-refractivity contribution < 1.29 is 18.3 Å². The lowest BCUT2D eigenvalue weighted by molar-refractivity contribution is 0.0165. The molecular weight excluding hydrogens is 448 g/mol. The highest BCUT2D eigenvalue weighted by molar-refractivity contribution is 6.06. The number of methoxy groups -OCH3 is 1. The van der Waals surface area contributed by atoms with E-state index in [1.165, 1.54) is 6.07 Å². The average molecular weight is 474 g/mol. The van der Waals surface area contributed by atoms with E-state index in [1.807, 2.05) is 30.3 Å². The third-order valence-electron chi connectivity index (χ3n) is 5.87. The molecule has 1 heterocycles. The van der Waals surface area contributed by atoms with E-state index >= 15 is 0 Å². The number of carbonyl (C=O) groups is 1. The summed E-state index contributed by atoms with van der Waals surface area (Å²) in [4.78, 5) is 17.1. The molecule has 0 spiro atoms. The first-order valence-electron chi connectivity index (χ1n) is 11.1. The van der Waals surface area contributed by atoms with E-state index in [2.05, 4.69) is 16.6 Å². The third kappa shape index (κ3) is 5.33. The van der Waals surface area contributed by atoms with Crippen LogP contribution in [0.5, 0.6) is 5.75 Å². The zero-order valence-electron chi connectivity index (χ0n) is 19.4. The molecule has 0 bridgehead atoms. The number of anilines is 1. The van der Waals surface area contributed by atoms with Crippen molar-refractivity contribution in [2.75, 3.05) is 19.0 Å². The molecule has 0 radical (unpaired) electrons. The smallest absolute Gasteiger partial charge is 0.270 e. The summed E-state index contributed by atoms with van der Waals surface area (Å²) in [7, 11) is 1.59. The Hall–Kier alpha value is -4.18. The van der Waals surface area contributed by atoms with Crippen molar-refractivity contribution >= 4 is 23.1 Å². The van der Waals surface area contributed by atoms with Gasteiger partial charge in [0.1, 0.15) is 11.6 Å². The average Bonchev–Trinajstić information content (AvgIpc) is 3.18. The zero-order chi connectivity index (χ0) is 25.0. The van der Waals surface area contributed by atoms with Crippen molar-refractivity contribution in [1.29, 1.82) is 0 Å². The molecule has 1 aliphatic rings. The van der Waals surface area contributed by atoms with Crippen molar-refractivity contribution in [3.8, 4) is 18.1 Å². The quantitative estimate of drug-likeness (QED) is 0.436. The van der Waals surface area contributed by atoms with Gasteiger partial charge in [0, 0.05) is 29.7 Å². The van der Waals surface area contributed by atoms with Gasteiger partial charge in [-0.2, -0.15) is 0 Å². The lowest BCUT2D eigenvalue weighted by Gasteiger charge is -2.21. The van der Waals surface area contributed by atoms with Crippen molar-refractivity contribution in [3.05, 3.63) is 89.0 Å². The monoisotopic (exact) mass is 473 g/mol. The van der Waals surface area contributed by atoms with Crippen molar-refractivity contribution in [2.24, 2.45) is 4.99 Å². The summed E-state index contributed by atoms with van der Waals surface area (Å²) < 4.78 is 33.9. The van der Waals surface area contributed by atoms with E-state index in [0.29, 0.717) is 34.8 Å². The number of halogens is 2. The van der Waals surface area contributed by atoms with Crippen molar-refractivity contribution in [3.63, 3.8) is 0 Å². The summed E-state index contributed by atoms with van der Waals surface area (Å²) in [6.07, 6.45) is 5.55. The van der Waals surface area contributed by atoms with Crippen LogP contribution in [0, 0.1) is 12.3 Å². The van der Waals surface area contributed by atoms with Gasteiger partial charge in [0.05, 0.1) is 19.3 Å². The molecule has 0 aliphatic carbocycles. The number of hydrogen-bond acceptors (Lipinski definition) is 4. The SMILES string of the molecule is C#CCNC(=O)c1ccc2c(c1)N=C(Nc1ccc(OC)cc1)[C@@H]2Cc1ccccc1C(C)(F)F. The van der Waals surface area contributed by atoms with Gasteiger partial charge >= 0.3 is 0 Å². The van der Waals surface area contributed by atoms with E-state index in [9.17, 15) is 13.6 Å². The minimum Gasteiger partial charge on any atom is -0.497 e. The minimum absolute atomic E-state index is 0.0115. The molecule has 0 fully saturated rings. The van der Waals surface area contributed by atoms with Crippen molar-refractivity contribution in [2.45, 2.75) is 25.2 Å². The molecule has 1 aliphatic heterocycles. The Morgan fingerprint density at radius 3 is 2.57 bits per heavy atom. The van der Waals surface area contributed by atoms with Crippen LogP contribution in [0.25, 0.3) is 0 Å². The number of aliphatic imine (C=N–C) groups is 1. The van der Waals surface area contributed by atoms with Crippen LogP contribution >= 0.6 is 0 Å². The van der Waals surface area contributed by atoms with Gasteiger partial charge < -0.3 is 15.4 Å². The molecule has 4 rings (SSSR count). The van der Waals surface area contributed by atoms with E-state index < -0.39 is 5.92 Å². The normalized spacial score (nSPS) is 14.5. The maximum absolute atomic E-state index is 14.3. The van der Waals surface area contributed by atoms with Crippen LogP contribution in [0.4, 0.5) is 20.2 Å². The van der Waals surface area contributed by atoms with Crippen LogP contribution in [0.15, 0.2) is 71.7 Å². The highest BCUT2D eigenvalue weighted by atomic mass is 19.3. The van der Waals surface area contributed by atoms with Gasteiger partial charge in [-0.05, 0) is 53.9 Å². The molecule has 7 heteroatoms. The first-order valence-corrected chi connectivity index (χ1v) is 11.1. The van der Waals surface area contributed by atoms with Crippen LogP contribution in [-0.4, -0.2) is 25.4 Å². The summed E-state index contributed by atoms with van der Waals surface area (Å²) in [6, 6.07) is 19.1. The lowest BCUT2D eigenvalue weighted by atomic mass is 9.88.